The van der Waals surface area contributed by atoms with Gasteiger partial charge in [0.15, 0.2) is 0 Å². The molecule has 0 aliphatic carbocycles. The van der Waals surface area contributed by atoms with Gasteiger partial charge in [-0.2, -0.15) is 0 Å². The van der Waals surface area contributed by atoms with Gasteiger partial charge in [-0.1, -0.05) is 90.0 Å². The molecule has 0 N–H and O–H groups in total. The summed E-state index contributed by atoms with van der Waals surface area (Å²) in [7, 11) is 1.87. The molecule has 1 unspecified atom stereocenters. The lowest BCUT2D eigenvalue weighted by Gasteiger charge is -2.35. The zero-order valence-corrected chi connectivity index (χ0v) is 18.3. The first-order valence-corrected chi connectivity index (χ1v) is 10.4. The molecular weight excluding hydrogens is 370 g/mol. The fraction of sp³-hybridized carbons (Fsp3) is 0.296. The predicted molar refractivity (Wildman–Crippen MR) is 123 cm³/mol. The summed E-state index contributed by atoms with van der Waals surface area (Å²) in [6, 6.07) is 27.1. The maximum absolute atomic E-state index is 12.3. The second kappa shape index (κ2) is 10.2. The van der Waals surface area contributed by atoms with Crippen LogP contribution in [-0.2, 0) is 16.1 Å². The van der Waals surface area contributed by atoms with Gasteiger partial charge in [0, 0.05) is 19.9 Å². The highest BCUT2D eigenvalue weighted by atomic mass is 16.5. The molecule has 0 saturated heterocycles. The van der Waals surface area contributed by atoms with Gasteiger partial charge in [-0.15, -0.1) is 0 Å². The maximum atomic E-state index is 12.3. The van der Waals surface area contributed by atoms with Crippen molar-refractivity contribution in [3.8, 4) is 0 Å². The molecule has 0 spiro atoms. The number of nitrogens with zero attached hydrogens (tertiary/aromatic N) is 1. The number of hydrogen-bond donors (Lipinski definition) is 0. The Labute approximate surface area is 180 Å². The number of likely N-dealkylation sites (N-methyl/N-ethyl adjacent to an activating group) is 1. The van der Waals surface area contributed by atoms with Crippen molar-refractivity contribution in [2.45, 2.75) is 39.3 Å². The Morgan fingerprint density at radius 1 is 0.867 bits per heavy atom. The van der Waals surface area contributed by atoms with Crippen molar-refractivity contribution >= 4 is 5.91 Å². The van der Waals surface area contributed by atoms with E-state index in [-0.39, 0.29) is 17.9 Å². The molecule has 0 aliphatic rings. The van der Waals surface area contributed by atoms with Crippen molar-refractivity contribution in [2.75, 3.05) is 13.7 Å². The Morgan fingerprint density at radius 2 is 1.37 bits per heavy atom. The molecule has 0 aliphatic heterocycles. The van der Waals surface area contributed by atoms with Gasteiger partial charge in [0.2, 0.25) is 5.91 Å². The lowest BCUT2D eigenvalue weighted by atomic mass is 9.84. The van der Waals surface area contributed by atoms with Crippen LogP contribution in [0.1, 0.15) is 40.7 Å². The van der Waals surface area contributed by atoms with Crippen LogP contribution in [0.3, 0.4) is 0 Å². The van der Waals surface area contributed by atoms with Crippen LogP contribution in [0.4, 0.5) is 0 Å². The quantitative estimate of drug-likeness (QED) is 0.499. The number of carbonyl (C=O) groups excluding carboxylic acids is 1. The molecule has 3 aromatic carbocycles. The predicted octanol–water partition coefficient (Wildman–Crippen LogP) is 5.50. The zero-order valence-electron chi connectivity index (χ0n) is 18.3. The fourth-order valence-electron chi connectivity index (χ4n) is 4.07. The van der Waals surface area contributed by atoms with Crippen LogP contribution in [0, 0.1) is 13.8 Å². The number of ether oxygens (including phenoxy) is 1. The summed E-state index contributed by atoms with van der Waals surface area (Å²) in [5.74, 6) is 0.0624. The van der Waals surface area contributed by atoms with Gasteiger partial charge in [0.1, 0.15) is 0 Å². The molecule has 3 aromatic rings. The molecule has 0 fully saturated rings. The van der Waals surface area contributed by atoms with Crippen LogP contribution in [0.2, 0.25) is 0 Å². The van der Waals surface area contributed by atoms with Crippen molar-refractivity contribution in [3.05, 3.63) is 107 Å². The van der Waals surface area contributed by atoms with Crippen LogP contribution in [0.25, 0.3) is 0 Å². The zero-order chi connectivity index (χ0) is 21.5. The monoisotopic (exact) mass is 401 g/mol. The third-order valence-corrected chi connectivity index (χ3v) is 5.54. The van der Waals surface area contributed by atoms with Gasteiger partial charge in [0.25, 0.3) is 0 Å². The average molecular weight is 402 g/mol. The Kier molecular flexibility index (Phi) is 7.42. The second-order valence-corrected chi connectivity index (χ2v) is 8.01. The Balaban J connectivity index is 1.88. The summed E-state index contributed by atoms with van der Waals surface area (Å²) in [4.78, 5) is 14.2. The van der Waals surface area contributed by atoms with Crippen molar-refractivity contribution < 1.29 is 9.53 Å². The van der Waals surface area contributed by atoms with E-state index in [1.165, 1.54) is 22.3 Å². The maximum Gasteiger partial charge on any atom is 0.219 e. The number of hydrogen-bond acceptors (Lipinski definition) is 2. The van der Waals surface area contributed by atoms with E-state index in [1.54, 1.807) is 6.92 Å². The fourth-order valence-corrected chi connectivity index (χ4v) is 4.07. The lowest BCUT2D eigenvalue weighted by molar-refractivity contribution is -0.131. The van der Waals surface area contributed by atoms with Crippen LogP contribution in [-0.4, -0.2) is 30.5 Å². The minimum Gasteiger partial charge on any atom is -0.375 e. The Bertz CT molecular complexity index is 893. The van der Waals surface area contributed by atoms with Crippen molar-refractivity contribution in [1.29, 1.82) is 0 Å². The molecular formula is C27H31NO2. The molecule has 0 radical (unpaired) electrons. The minimum atomic E-state index is -0.113. The van der Waals surface area contributed by atoms with E-state index in [0.717, 1.165) is 5.56 Å². The van der Waals surface area contributed by atoms with Crippen LogP contribution >= 0.6 is 0 Å². The second-order valence-electron chi connectivity index (χ2n) is 8.01. The summed E-state index contributed by atoms with van der Waals surface area (Å²) < 4.78 is 6.19. The summed E-state index contributed by atoms with van der Waals surface area (Å²) in [6.45, 7) is 6.80. The Hall–Kier alpha value is -2.91. The topological polar surface area (TPSA) is 29.5 Å². The molecule has 156 valence electrons. The van der Waals surface area contributed by atoms with Crippen LogP contribution in [0.15, 0.2) is 78.9 Å². The van der Waals surface area contributed by atoms with Gasteiger partial charge >= 0.3 is 0 Å². The number of benzene rings is 3. The molecule has 1 atom stereocenters. The van der Waals surface area contributed by atoms with E-state index in [1.807, 2.05) is 48.3 Å². The molecule has 0 saturated carbocycles. The molecule has 0 heterocycles. The molecule has 1 amide bonds. The van der Waals surface area contributed by atoms with Crippen molar-refractivity contribution in [2.24, 2.45) is 0 Å². The number of rotatable bonds is 8. The van der Waals surface area contributed by atoms with E-state index >= 15 is 0 Å². The first-order chi connectivity index (χ1) is 14.5. The highest BCUT2D eigenvalue weighted by molar-refractivity contribution is 5.73. The van der Waals surface area contributed by atoms with Crippen LogP contribution in [0.5, 0.6) is 0 Å². The van der Waals surface area contributed by atoms with Gasteiger partial charge in [0.05, 0.1) is 19.3 Å². The number of aryl methyl sites for hydroxylation is 2. The smallest absolute Gasteiger partial charge is 0.219 e. The third-order valence-electron chi connectivity index (χ3n) is 5.54. The van der Waals surface area contributed by atoms with Gasteiger partial charge in [-0.25, -0.2) is 0 Å². The molecule has 3 nitrogen and oxygen atoms in total. The van der Waals surface area contributed by atoms with Gasteiger partial charge in [-0.3, -0.25) is 4.79 Å². The minimum absolute atomic E-state index is 0.0283. The molecule has 30 heavy (non-hydrogen) atoms. The van der Waals surface area contributed by atoms with Gasteiger partial charge < -0.3 is 9.64 Å². The van der Waals surface area contributed by atoms with E-state index in [9.17, 15) is 4.79 Å². The van der Waals surface area contributed by atoms with E-state index in [4.69, 9.17) is 4.74 Å². The Morgan fingerprint density at radius 3 is 1.83 bits per heavy atom. The normalized spacial score (nSPS) is 12.0. The molecule has 0 aromatic heterocycles. The summed E-state index contributed by atoms with van der Waals surface area (Å²) >= 11 is 0. The summed E-state index contributed by atoms with van der Waals surface area (Å²) in [5, 5.41) is 0. The standard InChI is InChI=1S/C27H31NO2/c1-20-15-21(2)17-23(16-20)18-30-19-26(28(4)22(3)29)27(24-11-7-5-8-12-24)25-13-9-6-10-14-25/h5-17,26-27H,18-19H2,1-4H3. The average Bonchev–Trinajstić information content (AvgIpc) is 2.73. The summed E-state index contributed by atoms with van der Waals surface area (Å²) in [5.41, 5.74) is 5.98. The molecule has 3 rings (SSSR count). The first kappa shape index (κ1) is 21.8. The van der Waals surface area contributed by atoms with E-state index in [0.29, 0.717) is 13.2 Å². The molecule has 0 bridgehead atoms. The van der Waals surface area contributed by atoms with Crippen LogP contribution < -0.4 is 0 Å². The number of amides is 1. The van der Waals surface area contributed by atoms with Gasteiger partial charge in [-0.05, 0) is 30.5 Å². The lowest BCUT2D eigenvalue weighted by Crippen LogP contribution is -2.43. The van der Waals surface area contributed by atoms with Crippen molar-refractivity contribution in [1.82, 2.24) is 4.90 Å². The summed E-state index contributed by atoms with van der Waals surface area (Å²) in [6.07, 6.45) is 0. The van der Waals surface area contributed by atoms with Crippen molar-refractivity contribution in [3.63, 3.8) is 0 Å². The first-order valence-electron chi connectivity index (χ1n) is 10.4. The third kappa shape index (κ3) is 5.58. The van der Waals surface area contributed by atoms with E-state index < -0.39 is 0 Å². The highest BCUT2D eigenvalue weighted by Gasteiger charge is 2.30. The highest BCUT2D eigenvalue weighted by Crippen LogP contribution is 2.31. The molecule has 3 heteroatoms. The number of carbonyl (C=O) groups is 1. The van der Waals surface area contributed by atoms with E-state index in [2.05, 4.69) is 56.3 Å². The largest absolute Gasteiger partial charge is 0.375 e. The SMILES string of the molecule is CC(=O)N(C)C(COCc1cc(C)cc(C)c1)C(c1ccccc1)c1ccccc1.